The Morgan fingerprint density at radius 1 is 1.29 bits per heavy atom. The van der Waals surface area contributed by atoms with Gasteiger partial charge < -0.3 is 19.8 Å². The monoisotopic (exact) mass is 245 g/mol. The lowest BCUT2D eigenvalue weighted by atomic mass is 9.94. The van der Waals surface area contributed by atoms with E-state index in [1.807, 2.05) is 20.8 Å². The number of likely N-dealkylation sites (tertiary alicyclic amines) is 1. The molecule has 1 saturated heterocycles. The zero-order chi connectivity index (χ0) is 13.1. The molecule has 2 atom stereocenters. The highest BCUT2D eigenvalue weighted by atomic mass is 16.6. The molecule has 0 aromatic heterocycles. The van der Waals surface area contributed by atoms with Gasteiger partial charge >= 0.3 is 6.09 Å². The highest BCUT2D eigenvalue weighted by Crippen LogP contribution is 2.27. The first kappa shape index (κ1) is 14.3. The second-order valence-corrected chi connectivity index (χ2v) is 5.60. The summed E-state index contributed by atoms with van der Waals surface area (Å²) in [6, 6.07) is 0. The van der Waals surface area contributed by atoms with E-state index in [1.54, 1.807) is 4.90 Å². The quantitative estimate of drug-likeness (QED) is 0.773. The normalized spacial score (nSPS) is 25.1. The average Bonchev–Trinajstić information content (AvgIpc) is 2.59. The van der Waals surface area contributed by atoms with E-state index < -0.39 is 5.60 Å². The Morgan fingerprint density at radius 3 is 2.35 bits per heavy atom. The molecule has 1 heterocycles. The number of rotatable bonds is 3. The van der Waals surface area contributed by atoms with Crippen LogP contribution in [0.1, 0.15) is 27.2 Å². The maximum Gasteiger partial charge on any atom is 0.410 e. The minimum Gasteiger partial charge on any atom is -0.444 e. The molecule has 0 aromatic carbocycles. The predicted molar refractivity (Wildman–Crippen MR) is 63.6 cm³/mol. The summed E-state index contributed by atoms with van der Waals surface area (Å²) in [6.07, 6.45) is 0.279. The fourth-order valence-electron chi connectivity index (χ4n) is 2.11. The molecule has 1 rings (SSSR count). The Bertz CT molecular complexity index is 262. The van der Waals surface area contributed by atoms with E-state index in [9.17, 15) is 9.90 Å². The number of nitrogens with zero attached hydrogens (tertiary/aromatic N) is 1. The lowest BCUT2D eigenvalue weighted by Gasteiger charge is -2.24. The number of ether oxygens (including phenoxy) is 1. The molecule has 0 aromatic rings. The maximum atomic E-state index is 11.8. The molecule has 100 valence electrons. The fraction of sp³-hybridized carbons (Fsp3) is 0.917. The molecule has 17 heavy (non-hydrogen) atoms. The minimum atomic E-state index is -0.499. The fourth-order valence-corrected chi connectivity index (χ4v) is 2.11. The summed E-state index contributed by atoms with van der Waals surface area (Å²) in [6.45, 7) is 6.69. The van der Waals surface area contributed by atoms with E-state index in [0.29, 0.717) is 19.5 Å². The largest absolute Gasteiger partial charge is 0.444 e. The number of aliphatic hydroxyl groups excluding tert-OH is 2. The number of carbonyl (C=O) groups is 1. The molecular formula is C12H23NO4. The summed E-state index contributed by atoms with van der Waals surface area (Å²) in [5, 5.41) is 18.2. The van der Waals surface area contributed by atoms with Crippen LogP contribution in [0.4, 0.5) is 4.79 Å². The molecule has 0 spiro atoms. The molecule has 0 radical (unpaired) electrons. The lowest BCUT2D eigenvalue weighted by molar-refractivity contribution is 0.0280. The van der Waals surface area contributed by atoms with Gasteiger partial charge in [-0.25, -0.2) is 4.79 Å². The van der Waals surface area contributed by atoms with Crippen LogP contribution in [0.25, 0.3) is 0 Å². The van der Waals surface area contributed by atoms with Gasteiger partial charge in [-0.1, -0.05) is 0 Å². The van der Waals surface area contributed by atoms with E-state index in [2.05, 4.69) is 0 Å². The van der Waals surface area contributed by atoms with Crippen LogP contribution < -0.4 is 0 Å². The molecule has 5 heteroatoms. The molecule has 2 N–H and O–H groups in total. The first-order valence-electron chi connectivity index (χ1n) is 6.07. The molecule has 1 amide bonds. The zero-order valence-electron chi connectivity index (χ0n) is 10.8. The van der Waals surface area contributed by atoms with Crippen molar-refractivity contribution >= 4 is 6.09 Å². The Balaban J connectivity index is 2.54. The Morgan fingerprint density at radius 2 is 1.88 bits per heavy atom. The summed E-state index contributed by atoms with van der Waals surface area (Å²) >= 11 is 0. The van der Waals surface area contributed by atoms with Crippen LogP contribution in [-0.2, 0) is 4.74 Å². The van der Waals surface area contributed by atoms with E-state index in [4.69, 9.17) is 9.84 Å². The zero-order valence-corrected chi connectivity index (χ0v) is 10.8. The average molecular weight is 245 g/mol. The number of aliphatic hydroxyl groups is 2. The third-order valence-electron chi connectivity index (χ3n) is 2.96. The molecule has 1 fully saturated rings. The predicted octanol–water partition coefficient (Wildman–Crippen LogP) is 0.844. The Kier molecular flexibility index (Phi) is 4.77. The summed E-state index contributed by atoms with van der Waals surface area (Å²) in [5.41, 5.74) is -0.499. The number of hydrogen-bond donors (Lipinski definition) is 2. The summed E-state index contributed by atoms with van der Waals surface area (Å²) in [4.78, 5) is 13.4. The molecule has 2 unspecified atom stereocenters. The highest BCUT2D eigenvalue weighted by molar-refractivity contribution is 5.68. The first-order chi connectivity index (χ1) is 7.87. The molecule has 5 nitrogen and oxygen atoms in total. The van der Waals surface area contributed by atoms with Crippen LogP contribution in [0.3, 0.4) is 0 Å². The Labute approximate surface area is 102 Å². The number of carbonyl (C=O) groups excluding carboxylic acids is 1. The maximum absolute atomic E-state index is 11.8. The third-order valence-corrected chi connectivity index (χ3v) is 2.96. The van der Waals surface area contributed by atoms with Crippen LogP contribution in [0, 0.1) is 11.8 Å². The van der Waals surface area contributed by atoms with Gasteiger partial charge in [0, 0.05) is 32.2 Å². The van der Waals surface area contributed by atoms with Gasteiger partial charge in [-0.2, -0.15) is 0 Å². The van der Waals surface area contributed by atoms with Gasteiger partial charge in [-0.3, -0.25) is 0 Å². The third kappa shape index (κ3) is 4.16. The minimum absolute atomic E-state index is 0.0456. The molecule has 1 aliphatic rings. The van der Waals surface area contributed by atoms with Crippen molar-refractivity contribution in [2.75, 3.05) is 26.3 Å². The van der Waals surface area contributed by atoms with Gasteiger partial charge in [-0.05, 0) is 33.1 Å². The van der Waals surface area contributed by atoms with Gasteiger partial charge in [0.2, 0.25) is 0 Å². The van der Waals surface area contributed by atoms with Crippen LogP contribution >= 0.6 is 0 Å². The second-order valence-electron chi connectivity index (χ2n) is 5.60. The Hall–Kier alpha value is -0.810. The van der Waals surface area contributed by atoms with Crippen molar-refractivity contribution in [3.8, 4) is 0 Å². The smallest absolute Gasteiger partial charge is 0.410 e. The number of amides is 1. The van der Waals surface area contributed by atoms with Crippen molar-refractivity contribution in [3.05, 3.63) is 0 Å². The molecule has 1 aliphatic heterocycles. The van der Waals surface area contributed by atoms with Crippen molar-refractivity contribution in [1.82, 2.24) is 4.90 Å². The SMILES string of the molecule is CC(C)(C)OC(=O)N1CC(CO)C(CCO)C1. The van der Waals surface area contributed by atoms with Crippen molar-refractivity contribution < 1.29 is 19.7 Å². The van der Waals surface area contributed by atoms with Crippen molar-refractivity contribution in [3.63, 3.8) is 0 Å². The van der Waals surface area contributed by atoms with Crippen LogP contribution in [-0.4, -0.2) is 53.1 Å². The van der Waals surface area contributed by atoms with Crippen molar-refractivity contribution in [2.45, 2.75) is 32.8 Å². The van der Waals surface area contributed by atoms with Crippen LogP contribution in [0.5, 0.6) is 0 Å². The van der Waals surface area contributed by atoms with Gasteiger partial charge in [0.25, 0.3) is 0 Å². The van der Waals surface area contributed by atoms with Gasteiger partial charge in [0.15, 0.2) is 0 Å². The molecule has 0 bridgehead atoms. The standard InChI is InChI=1S/C12H23NO4/c1-12(2,3)17-11(16)13-6-9(4-5-14)10(7-13)8-15/h9-10,14-15H,4-8H2,1-3H3. The van der Waals surface area contributed by atoms with Gasteiger partial charge in [0.05, 0.1) is 0 Å². The molecular weight excluding hydrogens is 222 g/mol. The van der Waals surface area contributed by atoms with E-state index in [1.165, 1.54) is 0 Å². The van der Waals surface area contributed by atoms with Crippen LogP contribution in [0.15, 0.2) is 0 Å². The highest BCUT2D eigenvalue weighted by Gasteiger charge is 2.36. The summed E-state index contributed by atoms with van der Waals surface area (Å²) < 4.78 is 5.28. The molecule has 0 saturated carbocycles. The molecule has 0 aliphatic carbocycles. The van der Waals surface area contributed by atoms with Crippen molar-refractivity contribution in [1.29, 1.82) is 0 Å². The summed E-state index contributed by atoms with van der Waals surface area (Å²) in [7, 11) is 0. The van der Waals surface area contributed by atoms with Crippen molar-refractivity contribution in [2.24, 2.45) is 11.8 Å². The second kappa shape index (κ2) is 5.69. The number of hydrogen-bond acceptors (Lipinski definition) is 4. The van der Waals surface area contributed by atoms with E-state index in [0.717, 1.165) is 0 Å². The van der Waals surface area contributed by atoms with E-state index >= 15 is 0 Å². The summed E-state index contributed by atoms with van der Waals surface area (Å²) in [5.74, 6) is 0.215. The topological polar surface area (TPSA) is 70.0 Å². The van der Waals surface area contributed by atoms with Gasteiger partial charge in [-0.15, -0.1) is 0 Å². The van der Waals surface area contributed by atoms with Crippen LogP contribution in [0.2, 0.25) is 0 Å². The van der Waals surface area contributed by atoms with Gasteiger partial charge in [0.1, 0.15) is 5.60 Å². The van der Waals surface area contributed by atoms with E-state index in [-0.39, 0.29) is 31.1 Å². The lowest BCUT2D eigenvalue weighted by Crippen LogP contribution is -2.35. The first-order valence-corrected chi connectivity index (χ1v) is 6.07.